The summed E-state index contributed by atoms with van der Waals surface area (Å²) in [6.45, 7) is 3.30. The summed E-state index contributed by atoms with van der Waals surface area (Å²) < 4.78 is 1.78. The average Bonchev–Trinajstić information content (AvgIpc) is 3.21. The number of hydrogen-bond donors (Lipinski definition) is 2. The summed E-state index contributed by atoms with van der Waals surface area (Å²) in [5, 5.41) is 10.1. The van der Waals surface area contributed by atoms with Crippen molar-refractivity contribution in [1.82, 2.24) is 25.4 Å². The minimum atomic E-state index is -0.149. The molecule has 1 atom stereocenters. The SMILES string of the molecule is CCCC(NC(=O)NCc1ccc(Cn2cncn2)cc1)c1ccccc1. The van der Waals surface area contributed by atoms with E-state index >= 15 is 0 Å². The summed E-state index contributed by atoms with van der Waals surface area (Å²) in [7, 11) is 0. The highest BCUT2D eigenvalue weighted by atomic mass is 16.2. The fraction of sp³-hybridized carbons (Fsp3) is 0.286. The Morgan fingerprint density at radius 3 is 2.48 bits per heavy atom. The van der Waals surface area contributed by atoms with Gasteiger partial charge in [-0.3, -0.25) is 0 Å². The van der Waals surface area contributed by atoms with Gasteiger partial charge in [0.2, 0.25) is 0 Å². The molecule has 3 rings (SSSR count). The molecule has 0 radical (unpaired) electrons. The molecule has 27 heavy (non-hydrogen) atoms. The Hall–Kier alpha value is -3.15. The Morgan fingerprint density at radius 2 is 1.81 bits per heavy atom. The number of carbonyl (C=O) groups is 1. The van der Waals surface area contributed by atoms with E-state index in [1.54, 1.807) is 11.0 Å². The third-order valence-corrected chi connectivity index (χ3v) is 4.37. The van der Waals surface area contributed by atoms with Crippen molar-refractivity contribution in [2.75, 3.05) is 0 Å². The number of amides is 2. The number of rotatable bonds is 8. The fourth-order valence-electron chi connectivity index (χ4n) is 2.95. The van der Waals surface area contributed by atoms with E-state index in [0.717, 1.165) is 29.5 Å². The molecule has 1 aromatic heterocycles. The van der Waals surface area contributed by atoms with Crippen molar-refractivity contribution in [1.29, 1.82) is 0 Å². The molecule has 0 saturated heterocycles. The van der Waals surface area contributed by atoms with Gasteiger partial charge < -0.3 is 10.6 Å². The summed E-state index contributed by atoms with van der Waals surface area (Å²) in [6.07, 6.45) is 5.14. The number of hydrogen-bond acceptors (Lipinski definition) is 3. The van der Waals surface area contributed by atoms with Crippen LogP contribution in [0.1, 0.15) is 42.5 Å². The standard InChI is InChI=1S/C21H25N5O/c1-2-6-20(19-7-4-3-5-8-19)25-21(27)23-13-17-9-11-18(12-10-17)14-26-16-22-15-24-26/h3-5,7-12,15-16,20H,2,6,13-14H2,1H3,(H2,23,25,27). The average molecular weight is 363 g/mol. The van der Waals surface area contributed by atoms with E-state index in [-0.39, 0.29) is 12.1 Å². The fourth-order valence-corrected chi connectivity index (χ4v) is 2.95. The van der Waals surface area contributed by atoms with Crippen molar-refractivity contribution < 1.29 is 4.79 Å². The van der Waals surface area contributed by atoms with Gasteiger partial charge in [0.15, 0.2) is 0 Å². The van der Waals surface area contributed by atoms with Gasteiger partial charge in [-0.15, -0.1) is 0 Å². The van der Waals surface area contributed by atoms with Crippen molar-refractivity contribution >= 4 is 6.03 Å². The molecule has 0 aliphatic carbocycles. The van der Waals surface area contributed by atoms with Gasteiger partial charge >= 0.3 is 6.03 Å². The summed E-state index contributed by atoms with van der Waals surface area (Å²) in [6, 6.07) is 18.1. The molecule has 3 aromatic rings. The Labute approximate surface area is 159 Å². The monoisotopic (exact) mass is 363 g/mol. The number of aromatic nitrogens is 3. The normalized spacial score (nSPS) is 11.7. The Balaban J connectivity index is 1.50. The molecule has 0 aliphatic heterocycles. The second-order valence-electron chi connectivity index (χ2n) is 6.49. The van der Waals surface area contributed by atoms with Gasteiger partial charge in [0, 0.05) is 6.54 Å². The van der Waals surface area contributed by atoms with Crippen LogP contribution in [0, 0.1) is 0 Å². The molecule has 2 N–H and O–H groups in total. The van der Waals surface area contributed by atoms with Crippen LogP contribution in [-0.2, 0) is 13.1 Å². The van der Waals surface area contributed by atoms with Crippen LogP contribution in [0.25, 0.3) is 0 Å². The predicted octanol–water partition coefficient (Wildman–Crippen LogP) is 3.67. The maximum atomic E-state index is 12.3. The number of benzene rings is 2. The van der Waals surface area contributed by atoms with Crippen LogP contribution < -0.4 is 10.6 Å². The van der Waals surface area contributed by atoms with Crippen molar-refractivity contribution in [2.45, 2.75) is 38.9 Å². The lowest BCUT2D eigenvalue weighted by atomic mass is 10.0. The van der Waals surface area contributed by atoms with Gasteiger partial charge in [-0.1, -0.05) is 67.9 Å². The third kappa shape index (κ3) is 5.67. The second kappa shape index (κ2) is 9.52. The van der Waals surface area contributed by atoms with Gasteiger partial charge in [0.05, 0.1) is 12.6 Å². The van der Waals surface area contributed by atoms with E-state index < -0.39 is 0 Å². The molecular formula is C21H25N5O. The van der Waals surface area contributed by atoms with Crippen molar-refractivity contribution in [2.24, 2.45) is 0 Å². The molecule has 140 valence electrons. The molecule has 1 heterocycles. The summed E-state index contributed by atoms with van der Waals surface area (Å²) in [5.74, 6) is 0. The van der Waals surface area contributed by atoms with E-state index in [1.165, 1.54) is 6.33 Å². The molecule has 6 heteroatoms. The highest BCUT2D eigenvalue weighted by molar-refractivity contribution is 5.74. The molecule has 6 nitrogen and oxygen atoms in total. The van der Waals surface area contributed by atoms with Gasteiger partial charge in [0.1, 0.15) is 12.7 Å². The van der Waals surface area contributed by atoms with Gasteiger partial charge in [-0.25, -0.2) is 14.5 Å². The third-order valence-electron chi connectivity index (χ3n) is 4.37. The lowest BCUT2D eigenvalue weighted by Crippen LogP contribution is -2.37. The zero-order valence-corrected chi connectivity index (χ0v) is 15.5. The maximum Gasteiger partial charge on any atom is 0.315 e. The Bertz CT molecular complexity index is 816. The van der Waals surface area contributed by atoms with Crippen LogP contribution in [0.3, 0.4) is 0 Å². The maximum absolute atomic E-state index is 12.3. The molecule has 2 amide bonds. The largest absolute Gasteiger partial charge is 0.334 e. The topological polar surface area (TPSA) is 71.8 Å². The molecule has 0 saturated carbocycles. The zero-order chi connectivity index (χ0) is 18.9. The van der Waals surface area contributed by atoms with Crippen molar-refractivity contribution in [3.05, 3.63) is 83.9 Å². The highest BCUT2D eigenvalue weighted by Crippen LogP contribution is 2.17. The van der Waals surface area contributed by atoms with Crippen LogP contribution in [0.2, 0.25) is 0 Å². The number of nitrogens with zero attached hydrogens (tertiary/aromatic N) is 3. The van der Waals surface area contributed by atoms with Crippen molar-refractivity contribution in [3.63, 3.8) is 0 Å². The van der Waals surface area contributed by atoms with Crippen molar-refractivity contribution in [3.8, 4) is 0 Å². The summed E-state index contributed by atoms with van der Waals surface area (Å²) >= 11 is 0. The lowest BCUT2D eigenvalue weighted by molar-refractivity contribution is 0.236. The van der Waals surface area contributed by atoms with E-state index in [2.05, 4.69) is 39.8 Å². The van der Waals surface area contributed by atoms with E-state index in [9.17, 15) is 4.79 Å². The van der Waals surface area contributed by atoms with Crippen LogP contribution in [0.4, 0.5) is 4.79 Å². The number of urea groups is 1. The van der Waals surface area contributed by atoms with Crippen LogP contribution in [-0.4, -0.2) is 20.8 Å². The highest BCUT2D eigenvalue weighted by Gasteiger charge is 2.13. The first-order valence-electron chi connectivity index (χ1n) is 9.24. The van der Waals surface area contributed by atoms with Gasteiger partial charge in [0.25, 0.3) is 0 Å². The molecule has 0 bridgehead atoms. The van der Waals surface area contributed by atoms with Crippen LogP contribution in [0.15, 0.2) is 67.3 Å². The number of nitrogens with one attached hydrogen (secondary N) is 2. The number of carbonyl (C=O) groups excluding carboxylic acids is 1. The quantitative estimate of drug-likeness (QED) is 0.641. The Morgan fingerprint density at radius 1 is 1.07 bits per heavy atom. The lowest BCUT2D eigenvalue weighted by Gasteiger charge is -2.19. The minimum Gasteiger partial charge on any atom is -0.334 e. The smallest absolute Gasteiger partial charge is 0.315 e. The first kappa shape index (κ1) is 18.6. The minimum absolute atomic E-state index is 0.0289. The molecule has 0 fully saturated rings. The van der Waals surface area contributed by atoms with E-state index in [1.807, 2.05) is 42.5 Å². The predicted molar refractivity (Wildman–Crippen MR) is 105 cm³/mol. The summed E-state index contributed by atoms with van der Waals surface area (Å²) in [5.41, 5.74) is 3.33. The molecule has 1 unspecified atom stereocenters. The molecule has 0 spiro atoms. The molecule has 0 aliphatic rings. The van der Waals surface area contributed by atoms with Gasteiger partial charge in [-0.05, 0) is 23.1 Å². The Kier molecular flexibility index (Phi) is 6.57. The van der Waals surface area contributed by atoms with Crippen LogP contribution in [0.5, 0.6) is 0 Å². The first-order valence-corrected chi connectivity index (χ1v) is 9.24. The van der Waals surface area contributed by atoms with Gasteiger partial charge in [-0.2, -0.15) is 5.10 Å². The second-order valence-corrected chi connectivity index (χ2v) is 6.49. The zero-order valence-electron chi connectivity index (χ0n) is 15.5. The van der Waals surface area contributed by atoms with E-state index in [4.69, 9.17) is 0 Å². The molecular weight excluding hydrogens is 338 g/mol. The first-order chi connectivity index (χ1) is 13.2. The van der Waals surface area contributed by atoms with Crippen LogP contribution >= 0.6 is 0 Å². The van der Waals surface area contributed by atoms with E-state index in [0.29, 0.717) is 13.1 Å². The summed E-state index contributed by atoms with van der Waals surface area (Å²) in [4.78, 5) is 16.3. The molecule has 2 aromatic carbocycles.